The van der Waals surface area contributed by atoms with E-state index in [-0.39, 0.29) is 0 Å². The molecule has 1 amide bonds. The number of benzene rings is 2. The second-order valence-corrected chi connectivity index (χ2v) is 6.79. The van der Waals surface area contributed by atoms with Crippen LogP contribution in [0.5, 0.6) is 0 Å². The van der Waals surface area contributed by atoms with Gasteiger partial charge in [-0.15, -0.1) is 0 Å². The first-order valence-corrected chi connectivity index (χ1v) is 8.55. The molecule has 138 valence electrons. The van der Waals surface area contributed by atoms with Gasteiger partial charge in [-0.25, -0.2) is 0 Å². The van der Waals surface area contributed by atoms with Gasteiger partial charge in [0, 0.05) is 6.54 Å². The molecule has 1 fully saturated rings. The fourth-order valence-electron chi connectivity index (χ4n) is 3.61. The highest BCUT2D eigenvalue weighted by molar-refractivity contribution is 5.87. The predicted octanol–water partition coefficient (Wildman–Crippen LogP) is 3.72. The van der Waals surface area contributed by atoms with Crippen LogP contribution in [0.25, 0.3) is 0 Å². The van der Waals surface area contributed by atoms with Gasteiger partial charge in [-0.2, -0.15) is 13.2 Å². The quantitative estimate of drug-likeness (QED) is 0.901. The van der Waals surface area contributed by atoms with Gasteiger partial charge in [0.05, 0.1) is 11.0 Å². The Bertz CT molecular complexity index is 766. The summed E-state index contributed by atoms with van der Waals surface area (Å²) in [5.74, 6) is -0.559. The number of halogens is 3. The van der Waals surface area contributed by atoms with Crippen molar-refractivity contribution in [2.45, 2.75) is 31.0 Å². The zero-order valence-corrected chi connectivity index (χ0v) is 14.3. The molecule has 0 bridgehead atoms. The predicted molar refractivity (Wildman–Crippen MR) is 93.3 cm³/mol. The lowest BCUT2D eigenvalue weighted by Gasteiger charge is -2.40. The van der Waals surface area contributed by atoms with E-state index in [4.69, 9.17) is 5.73 Å². The van der Waals surface area contributed by atoms with Gasteiger partial charge >= 0.3 is 6.18 Å². The van der Waals surface area contributed by atoms with Crippen molar-refractivity contribution in [3.8, 4) is 0 Å². The lowest BCUT2D eigenvalue weighted by Crippen LogP contribution is -2.50. The molecular formula is C20H21F3N2O. The highest BCUT2D eigenvalue weighted by Gasteiger charge is 2.42. The van der Waals surface area contributed by atoms with Gasteiger partial charge in [0.1, 0.15) is 0 Å². The van der Waals surface area contributed by atoms with Crippen LogP contribution in [0.3, 0.4) is 0 Å². The van der Waals surface area contributed by atoms with E-state index in [1.807, 2.05) is 30.3 Å². The monoisotopic (exact) mass is 362 g/mol. The maximum absolute atomic E-state index is 13.0. The van der Waals surface area contributed by atoms with Crippen molar-refractivity contribution < 1.29 is 18.0 Å². The van der Waals surface area contributed by atoms with Crippen molar-refractivity contribution >= 4 is 5.91 Å². The Hall–Kier alpha value is -2.34. The minimum absolute atomic E-state index is 0.360. The summed E-state index contributed by atoms with van der Waals surface area (Å²) in [6, 6.07) is 15.0. The third-order valence-electron chi connectivity index (χ3n) is 5.17. The molecule has 0 radical (unpaired) electrons. The van der Waals surface area contributed by atoms with Gasteiger partial charge in [0.25, 0.3) is 0 Å². The van der Waals surface area contributed by atoms with Gasteiger partial charge in [-0.1, -0.05) is 48.5 Å². The Kier molecular flexibility index (Phi) is 5.05. The molecule has 0 aliphatic carbocycles. The topological polar surface area (TPSA) is 46.3 Å². The van der Waals surface area contributed by atoms with E-state index in [1.54, 1.807) is 6.07 Å². The number of likely N-dealkylation sites (tertiary alicyclic amines) is 1. The molecule has 0 saturated carbocycles. The van der Waals surface area contributed by atoms with E-state index in [2.05, 4.69) is 4.90 Å². The Morgan fingerprint density at radius 3 is 2.27 bits per heavy atom. The van der Waals surface area contributed by atoms with E-state index >= 15 is 0 Å². The number of rotatable bonds is 4. The number of amides is 1. The molecule has 0 unspecified atom stereocenters. The Labute approximate surface area is 150 Å². The lowest BCUT2D eigenvalue weighted by atomic mass is 9.71. The maximum Gasteiger partial charge on any atom is 0.416 e. The van der Waals surface area contributed by atoms with Crippen LogP contribution < -0.4 is 5.73 Å². The van der Waals surface area contributed by atoms with Crippen LogP contribution in [0, 0.1) is 0 Å². The summed E-state index contributed by atoms with van der Waals surface area (Å²) in [5.41, 5.74) is 5.38. The number of primary amides is 1. The third-order valence-corrected chi connectivity index (χ3v) is 5.17. The van der Waals surface area contributed by atoms with Gasteiger partial charge in [-0.05, 0) is 43.1 Å². The molecule has 1 heterocycles. The van der Waals surface area contributed by atoms with Crippen LogP contribution in [-0.2, 0) is 22.9 Å². The van der Waals surface area contributed by atoms with Gasteiger partial charge < -0.3 is 5.73 Å². The van der Waals surface area contributed by atoms with Crippen molar-refractivity contribution in [3.05, 3.63) is 71.3 Å². The number of nitrogens with zero attached hydrogens (tertiary/aromatic N) is 1. The third kappa shape index (κ3) is 3.75. The van der Waals surface area contributed by atoms with Crippen molar-refractivity contribution in [3.63, 3.8) is 0 Å². The number of hydrogen-bond donors (Lipinski definition) is 1. The molecule has 0 aromatic heterocycles. The minimum Gasteiger partial charge on any atom is -0.369 e. The van der Waals surface area contributed by atoms with E-state index in [9.17, 15) is 18.0 Å². The lowest BCUT2D eigenvalue weighted by molar-refractivity contribution is -0.138. The van der Waals surface area contributed by atoms with Crippen LogP contribution in [-0.4, -0.2) is 23.9 Å². The van der Waals surface area contributed by atoms with Crippen LogP contribution >= 0.6 is 0 Å². The van der Waals surface area contributed by atoms with Crippen LogP contribution in [0.1, 0.15) is 29.5 Å². The first kappa shape index (κ1) is 18.5. The van der Waals surface area contributed by atoms with Gasteiger partial charge in [0.15, 0.2) is 0 Å². The average Bonchev–Trinajstić information content (AvgIpc) is 2.62. The minimum atomic E-state index is -4.44. The van der Waals surface area contributed by atoms with Crippen molar-refractivity contribution in [2.24, 2.45) is 5.73 Å². The van der Waals surface area contributed by atoms with E-state index < -0.39 is 23.1 Å². The molecule has 0 atom stereocenters. The van der Waals surface area contributed by atoms with E-state index in [1.165, 1.54) is 6.07 Å². The molecule has 2 aromatic carbocycles. The number of nitrogens with two attached hydrogens (primary N) is 1. The molecule has 2 N–H and O–H groups in total. The van der Waals surface area contributed by atoms with Gasteiger partial charge in [0.2, 0.25) is 5.91 Å². The number of piperidine rings is 1. The summed E-state index contributed by atoms with van der Waals surface area (Å²) in [7, 11) is 0. The molecule has 2 aromatic rings. The van der Waals surface area contributed by atoms with E-state index in [0.29, 0.717) is 31.5 Å². The van der Waals surface area contributed by atoms with Crippen LogP contribution in [0.2, 0.25) is 0 Å². The number of hydrogen-bond acceptors (Lipinski definition) is 2. The van der Waals surface area contributed by atoms with Crippen LogP contribution in [0.15, 0.2) is 54.6 Å². The summed E-state index contributed by atoms with van der Waals surface area (Å²) in [6.45, 7) is 1.96. The highest BCUT2D eigenvalue weighted by atomic mass is 19.4. The summed E-state index contributed by atoms with van der Waals surface area (Å²) >= 11 is 0. The second kappa shape index (κ2) is 7.11. The smallest absolute Gasteiger partial charge is 0.369 e. The normalized spacial score (nSPS) is 17.8. The zero-order chi connectivity index (χ0) is 18.8. The van der Waals surface area contributed by atoms with Crippen molar-refractivity contribution in [1.82, 2.24) is 4.90 Å². The molecular weight excluding hydrogens is 341 g/mol. The Morgan fingerprint density at radius 2 is 1.69 bits per heavy atom. The Morgan fingerprint density at radius 1 is 1.04 bits per heavy atom. The summed E-state index contributed by atoms with van der Waals surface area (Å²) < 4.78 is 39.1. The van der Waals surface area contributed by atoms with E-state index in [0.717, 1.165) is 24.2 Å². The number of alkyl halides is 3. The summed E-state index contributed by atoms with van der Waals surface area (Å²) in [5, 5.41) is 0. The number of carbonyl (C=O) groups is 1. The first-order valence-electron chi connectivity index (χ1n) is 8.55. The molecule has 26 heavy (non-hydrogen) atoms. The first-order chi connectivity index (χ1) is 12.3. The SMILES string of the molecule is NC(=O)C1(c2cccc(C(F)(F)F)c2)CCN(Cc2ccccc2)CC1. The summed E-state index contributed by atoms with van der Waals surface area (Å²) in [4.78, 5) is 14.4. The second-order valence-electron chi connectivity index (χ2n) is 6.79. The molecule has 3 rings (SSSR count). The fraction of sp³-hybridized carbons (Fsp3) is 0.350. The fourth-order valence-corrected chi connectivity index (χ4v) is 3.61. The van der Waals surface area contributed by atoms with Crippen LogP contribution in [0.4, 0.5) is 13.2 Å². The maximum atomic E-state index is 13.0. The zero-order valence-electron chi connectivity index (χ0n) is 14.3. The molecule has 0 spiro atoms. The molecule has 1 aliphatic heterocycles. The molecule has 3 nitrogen and oxygen atoms in total. The number of carbonyl (C=O) groups excluding carboxylic acids is 1. The Balaban J connectivity index is 1.80. The van der Waals surface area contributed by atoms with Crippen molar-refractivity contribution in [1.29, 1.82) is 0 Å². The molecule has 1 saturated heterocycles. The standard InChI is InChI=1S/C20H21F3N2O/c21-20(22,23)17-8-4-7-16(13-17)19(18(24)26)9-11-25(12-10-19)14-15-5-2-1-3-6-15/h1-8,13H,9-12,14H2,(H2,24,26). The van der Waals surface area contributed by atoms with Crippen molar-refractivity contribution in [2.75, 3.05) is 13.1 Å². The molecule has 6 heteroatoms. The van der Waals surface area contributed by atoms with Gasteiger partial charge in [-0.3, -0.25) is 9.69 Å². The average molecular weight is 362 g/mol. The largest absolute Gasteiger partial charge is 0.416 e. The molecule has 1 aliphatic rings. The summed E-state index contributed by atoms with van der Waals surface area (Å²) in [6.07, 6.45) is -3.62. The highest BCUT2D eigenvalue weighted by Crippen LogP contribution is 2.38.